The smallest absolute Gasteiger partial charge is 0.311 e. The number of carbonyl (C=O) groups is 2. The summed E-state index contributed by atoms with van der Waals surface area (Å²) < 4.78 is 4.90. The van der Waals surface area contributed by atoms with Crippen LogP contribution in [-0.4, -0.2) is 62.7 Å². The molecule has 1 unspecified atom stereocenters. The van der Waals surface area contributed by atoms with Crippen molar-refractivity contribution in [1.82, 2.24) is 15.5 Å². The second-order valence-electron chi connectivity index (χ2n) is 4.23. The lowest BCUT2D eigenvalue weighted by Gasteiger charge is -2.20. The van der Waals surface area contributed by atoms with E-state index in [0.717, 1.165) is 19.5 Å². The first kappa shape index (κ1) is 13.9. The van der Waals surface area contributed by atoms with Crippen molar-refractivity contribution in [2.24, 2.45) is 0 Å². The summed E-state index contributed by atoms with van der Waals surface area (Å²) in [5.41, 5.74) is 0. The third kappa shape index (κ3) is 4.70. The number of carbonyl (C=O) groups excluding carboxylic acids is 2. The Morgan fingerprint density at radius 1 is 1.41 bits per heavy atom. The summed E-state index contributed by atoms with van der Waals surface area (Å²) in [5, 5.41) is 5.81. The summed E-state index contributed by atoms with van der Waals surface area (Å²) in [6, 6.07) is -0.151. The molecule has 0 radical (unpaired) electrons. The Balaban J connectivity index is 2.41. The molecule has 6 heteroatoms. The fourth-order valence-electron chi connectivity index (χ4n) is 1.77. The van der Waals surface area contributed by atoms with Crippen LogP contribution in [0.15, 0.2) is 0 Å². The van der Waals surface area contributed by atoms with E-state index in [1.54, 1.807) is 18.9 Å². The Morgan fingerprint density at radius 3 is 2.88 bits per heavy atom. The van der Waals surface area contributed by atoms with Gasteiger partial charge in [0.2, 0.25) is 0 Å². The van der Waals surface area contributed by atoms with E-state index < -0.39 is 11.8 Å². The van der Waals surface area contributed by atoms with Gasteiger partial charge in [0.15, 0.2) is 0 Å². The first-order valence-corrected chi connectivity index (χ1v) is 5.94. The molecule has 1 heterocycles. The molecule has 0 aromatic rings. The van der Waals surface area contributed by atoms with Crippen molar-refractivity contribution in [2.45, 2.75) is 19.4 Å². The van der Waals surface area contributed by atoms with Gasteiger partial charge in [-0.1, -0.05) is 0 Å². The van der Waals surface area contributed by atoms with Crippen LogP contribution in [0, 0.1) is 0 Å². The zero-order valence-electron chi connectivity index (χ0n) is 10.5. The van der Waals surface area contributed by atoms with Gasteiger partial charge in [0.05, 0.1) is 6.61 Å². The van der Waals surface area contributed by atoms with Gasteiger partial charge in [-0.15, -0.1) is 0 Å². The van der Waals surface area contributed by atoms with Crippen LogP contribution < -0.4 is 10.6 Å². The highest BCUT2D eigenvalue weighted by atomic mass is 16.5. The van der Waals surface area contributed by atoms with Crippen molar-refractivity contribution in [3.63, 3.8) is 0 Å². The number of rotatable bonds is 3. The second-order valence-corrected chi connectivity index (χ2v) is 4.23. The predicted octanol–water partition coefficient (Wildman–Crippen LogP) is -1.04. The van der Waals surface area contributed by atoms with Crippen LogP contribution in [0.25, 0.3) is 0 Å². The molecule has 17 heavy (non-hydrogen) atoms. The van der Waals surface area contributed by atoms with Gasteiger partial charge < -0.3 is 20.3 Å². The van der Waals surface area contributed by atoms with E-state index in [4.69, 9.17) is 4.74 Å². The number of methoxy groups -OCH3 is 1. The second kappa shape index (κ2) is 7.24. The number of hydrogen-bond acceptors (Lipinski definition) is 4. The van der Waals surface area contributed by atoms with E-state index >= 15 is 0 Å². The minimum atomic E-state index is -0.545. The molecule has 0 saturated carbocycles. The summed E-state index contributed by atoms with van der Waals surface area (Å²) in [4.78, 5) is 25.1. The third-order valence-corrected chi connectivity index (χ3v) is 2.62. The summed E-state index contributed by atoms with van der Waals surface area (Å²) in [5.74, 6) is -0.992. The first-order valence-electron chi connectivity index (χ1n) is 5.94. The molecule has 1 aliphatic heterocycles. The summed E-state index contributed by atoms with van der Waals surface area (Å²) in [6.45, 7) is 5.07. The molecule has 2 amide bonds. The highest BCUT2D eigenvalue weighted by molar-refractivity contribution is 6.35. The Hall–Kier alpha value is -1.14. The Morgan fingerprint density at radius 2 is 2.18 bits per heavy atom. The van der Waals surface area contributed by atoms with Crippen LogP contribution in [0.4, 0.5) is 0 Å². The van der Waals surface area contributed by atoms with Crippen molar-refractivity contribution < 1.29 is 14.3 Å². The van der Waals surface area contributed by atoms with Gasteiger partial charge in [0.1, 0.15) is 0 Å². The van der Waals surface area contributed by atoms with Gasteiger partial charge >= 0.3 is 11.8 Å². The molecule has 1 fully saturated rings. The lowest BCUT2D eigenvalue weighted by molar-refractivity contribution is -0.146. The molecule has 2 N–H and O–H groups in total. The Labute approximate surface area is 102 Å². The van der Waals surface area contributed by atoms with Gasteiger partial charge in [-0.05, 0) is 19.9 Å². The van der Waals surface area contributed by atoms with Crippen molar-refractivity contribution in [3.05, 3.63) is 0 Å². The van der Waals surface area contributed by atoms with Crippen molar-refractivity contribution >= 4 is 11.8 Å². The molecular weight excluding hydrogens is 222 g/mol. The van der Waals surface area contributed by atoms with Crippen LogP contribution in [-0.2, 0) is 14.3 Å². The standard InChI is InChI=1S/C11H21N3O3/c1-9(8-17-2)13-10(15)11(16)14-6-3-4-12-5-7-14/h9,12H,3-8H2,1-2H3,(H,13,15). The molecule has 1 atom stereocenters. The monoisotopic (exact) mass is 243 g/mol. The maximum absolute atomic E-state index is 11.8. The van der Waals surface area contributed by atoms with Crippen LogP contribution in [0.3, 0.4) is 0 Å². The van der Waals surface area contributed by atoms with Gasteiger partial charge in [-0.3, -0.25) is 9.59 Å². The van der Waals surface area contributed by atoms with Crippen LogP contribution in [0.1, 0.15) is 13.3 Å². The van der Waals surface area contributed by atoms with Crippen LogP contribution in [0.5, 0.6) is 0 Å². The Kier molecular flexibility index (Phi) is 5.93. The number of amides is 2. The van der Waals surface area contributed by atoms with Gasteiger partial charge in [0.25, 0.3) is 0 Å². The lowest BCUT2D eigenvalue weighted by Crippen LogP contribution is -2.47. The van der Waals surface area contributed by atoms with Crippen molar-refractivity contribution in [3.8, 4) is 0 Å². The predicted molar refractivity (Wildman–Crippen MR) is 63.5 cm³/mol. The normalized spacial score (nSPS) is 18.4. The third-order valence-electron chi connectivity index (χ3n) is 2.62. The van der Waals surface area contributed by atoms with Crippen LogP contribution >= 0.6 is 0 Å². The van der Waals surface area contributed by atoms with Crippen LogP contribution in [0.2, 0.25) is 0 Å². The average molecular weight is 243 g/mol. The van der Waals surface area contributed by atoms with Gasteiger partial charge in [-0.25, -0.2) is 0 Å². The molecule has 1 rings (SSSR count). The molecule has 1 saturated heterocycles. The SMILES string of the molecule is COCC(C)NC(=O)C(=O)N1CCCNCC1. The van der Waals surface area contributed by atoms with Crippen molar-refractivity contribution in [2.75, 3.05) is 39.9 Å². The molecule has 1 aliphatic rings. The van der Waals surface area contributed by atoms with Gasteiger partial charge in [0, 0.05) is 32.8 Å². The molecule has 6 nitrogen and oxygen atoms in total. The van der Waals surface area contributed by atoms with Gasteiger partial charge in [-0.2, -0.15) is 0 Å². The van der Waals surface area contributed by atoms with E-state index in [2.05, 4.69) is 10.6 Å². The topological polar surface area (TPSA) is 70.7 Å². The average Bonchev–Trinajstić information content (AvgIpc) is 2.56. The van der Waals surface area contributed by atoms with Crippen molar-refractivity contribution in [1.29, 1.82) is 0 Å². The maximum Gasteiger partial charge on any atom is 0.311 e. The number of hydrogen-bond donors (Lipinski definition) is 2. The van der Waals surface area contributed by atoms with E-state index in [1.165, 1.54) is 0 Å². The van der Waals surface area contributed by atoms with E-state index in [9.17, 15) is 9.59 Å². The first-order chi connectivity index (χ1) is 8.15. The molecule has 0 spiro atoms. The van der Waals surface area contributed by atoms with E-state index in [-0.39, 0.29) is 6.04 Å². The molecule has 0 aromatic heterocycles. The van der Waals surface area contributed by atoms with E-state index in [1.807, 2.05) is 0 Å². The summed E-state index contributed by atoms with van der Waals surface area (Å²) in [7, 11) is 1.56. The summed E-state index contributed by atoms with van der Waals surface area (Å²) >= 11 is 0. The zero-order chi connectivity index (χ0) is 12.7. The minimum Gasteiger partial charge on any atom is -0.383 e. The molecule has 98 valence electrons. The maximum atomic E-state index is 11.8. The quantitative estimate of drug-likeness (QED) is 0.621. The highest BCUT2D eigenvalue weighted by Crippen LogP contribution is 1.97. The molecule has 0 bridgehead atoms. The highest BCUT2D eigenvalue weighted by Gasteiger charge is 2.23. The molecule has 0 aliphatic carbocycles. The van der Waals surface area contributed by atoms with E-state index in [0.29, 0.717) is 19.7 Å². The molecule has 0 aromatic carbocycles. The minimum absolute atomic E-state index is 0.151. The Bertz CT molecular complexity index is 263. The fourth-order valence-corrected chi connectivity index (χ4v) is 1.77. The number of ether oxygens (including phenoxy) is 1. The fraction of sp³-hybridized carbons (Fsp3) is 0.818. The number of nitrogens with zero attached hydrogens (tertiary/aromatic N) is 1. The summed E-state index contributed by atoms with van der Waals surface area (Å²) in [6.07, 6.45) is 0.882. The molecular formula is C11H21N3O3. The lowest BCUT2D eigenvalue weighted by atomic mass is 10.3. The largest absolute Gasteiger partial charge is 0.383 e. The number of nitrogens with one attached hydrogen (secondary N) is 2. The zero-order valence-corrected chi connectivity index (χ0v) is 10.5.